The SMILES string of the molecule is Cc1ccc2sc(N(CCN(C)C)C(=O)c3cccc4ccccc34)nc2c1C.Cl. The highest BCUT2D eigenvalue weighted by molar-refractivity contribution is 7.22. The Morgan fingerprint density at radius 2 is 1.70 bits per heavy atom. The van der Waals surface area contributed by atoms with Crippen molar-refractivity contribution in [3.8, 4) is 0 Å². The number of thiazole rings is 1. The number of benzene rings is 3. The maximum atomic E-state index is 13.7. The van der Waals surface area contributed by atoms with Crippen molar-refractivity contribution in [3.63, 3.8) is 0 Å². The minimum absolute atomic E-state index is 0. The van der Waals surface area contributed by atoms with Crippen LogP contribution in [0.5, 0.6) is 0 Å². The number of hydrogen-bond acceptors (Lipinski definition) is 4. The van der Waals surface area contributed by atoms with Crippen molar-refractivity contribution < 1.29 is 4.79 Å². The van der Waals surface area contributed by atoms with Crippen LogP contribution in [0.1, 0.15) is 21.5 Å². The summed E-state index contributed by atoms with van der Waals surface area (Å²) in [5, 5.41) is 2.80. The lowest BCUT2D eigenvalue weighted by atomic mass is 10.0. The van der Waals surface area contributed by atoms with Crippen molar-refractivity contribution in [2.24, 2.45) is 0 Å². The van der Waals surface area contributed by atoms with Gasteiger partial charge in [-0.2, -0.15) is 0 Å². The molecule has 3 aromatic carbocycles. The Kier molecular flexibility index (Phi) is 6.76. The van der Waals surface area contributed by atoms with Gasteiger partial charge in [0.05, 0.1) is 10.2 Å². The third-order valence-electron chi connectivity index (χ3n) is 5.34. The van der Waals surface area contributed by atoms with Gasteiger partial charge in [0.2, 0.25) is 0 Å². The first-order chi connectivity index (χ1) is 14.0. The zero-order valence-corrected chi connectivity index (χ0v) is 19.3. The molecule has 0 unspecified atom stereocenters. The molecule has 0 radical (unpaired) electrons. The topological polar surface area (TPSA) is 36.4 Å². The van der Waals surface area contributed by atoms with E-state index < -0.39 is 0 Å². The molecule has 0 saturated carbocycles. The van der Waals surface area contributed by atoms with Gasteiger partial charge in [-0.3, -0.25) is 9.69 Å². The van der Waals surface area contributed by atoms with E-state index in [1.165, 1.54) is 11.1 Å². The van der Waals surface area contributed by atoms with E-state index in [9.17, 15) is 4.79 Å². The van der Waals surface area contributed by atoms with Gasteiger partial charge in [0, 0.05) is 18.7 Å². The first-order valence-electron chi connectivity index (χ1n) is 9.77. The first-order valence-corrected chi connectivity index (χ1v) is 10.6. The molecule has 0 aliphatic carbocycles. The molecule has 4 rings (SSSR count). The summed E-state index contributed by atoms with van der Waals surface area (Å²) in [5.74, 6) is -0.00270. The van der Waals surface area contributed by atoms with Crippen LogP contribution < -0.4 is 4.90 Å². The molecular formula is C24H26ClN3OS. The monoisotopic (exact) mass is 439 g/mol. The van der Waals surface area contributed by atoms with E-state index >= 15 is 0 Å². The maximum absolute atomic E-state index is 13.7. The Bertz CT molecular complexity index is 1200. The van der Waals surface area contributed by atoms with Crippen molar-refractivity contribution >= 4 is 55.8 Å². The Hall–Kier alpha value is -2.47. The number of fused-ring (bicyclic) bond motifs is 2. The lowest BCUT2D eigenvalue weighted by molar-refractivity contribution is 0.0987. The van der Waals surface area contributed by atoms with Crippen molar-refractivity contribution in [1.82, 2.24) is 9.88 Å². The molecule has 0 saturated heterocycles. The minimum Gasteiger partial charge on any atom is -0.308 e. The highest BCUT2D eigenvalue weighted by Crippen LogP contribution is 2.33. The fourth-order valence-electron chi connectivity index (χ4n) is 3.47. The number of hydrogen-bond donors (Lipinski definition) is 0. The van der Waals surface area contributed by atoms with E-state index in [0.29, 0.717) is 12.1 Å². The van der Waals surface area contributed by atoms with E-state index in [4.69, 9.17) is 4.98 Å². The van der Waals surface area contributed by atoms with Gasteiger partial charge >= 0.3 is 0 Å². The molecule has 6 heteroatoms. The summed E-state index contributed by atoms with van der Waals surface area (Å²) in [6.07, 6.45) is 0. The molecular weight excluding hydrogens is 414 g/mol. The molecule has 0 spiro atoms. The number of aromatic nitrogens is 1. The number of likely N-dealkylation sites (N-methyl/N-ethyl adjacent to an activating group) is 1. The predicted octanol–water partition coefficient (Wildman–Crippen LogP) is 5.70. The third-order valence-corrected chi connectivity index (χ3v) is 6.38. The second-order valence-electron chi connectivity index (χ2n) is 7.64. The van der Waals surface area contributed by atoms with Crippen molar-refractivity contribution in [1.29, 1.82) is 0 Å². The number of amides is 1. The van der Waals surface area contributed by atoms with Gasteiger partial charge in [-0.25, -0.2) is 4.98 Å². The van der Waals surface area contributed by atoms with Crippen LogP contribution in [0.4, 0.5) is 5.13 Å². The van der Waals surface area contributed by atoms with Crippen LogP contribution >= 0.6 is 23.7 Å². The molecule has 156 valence electrons. The molecule has 0 aliphatic heterocycles. The van der Waals surface area contributed by atoms with Gasteiger partial charge in [0.15, 0.2) is 5.13 Å². The van der Waals surface area contributed by atoms with Gasteiger partial charge in [-0.1, -0.05) is 53.8 Å². The second-order valence-corrected chi connectivity index (χ2v) is 8.65. The number of carbonyl (C=O) groups is 1. The number of anilines is 1. The smallest absolute Gasteiger partial charge is 0.260 e. The van der Waals surface area contributed by atoms with Crippen molar-refractivity contribution in [3.05, 3.63) is 71.3 Å². The zero-order chi connectivity index (χ0) is 20.5. The van der Waals surface area contributed by atoms with Crippen LogP contribution in [-0.2, 0) is 0 Å². The highest BCUT2D eigenvalue weighted by Gasteiger charge is 2.23. The Morgan fingerprint density at radius 1 is 0.967 bits per heavy atom. The normalized spacial score (nSPS) is 11.1. The van der Waals surface area contributed by atoms with Crippen LogP contribution in [-0.4, -0.2) is 43.0 Å². The number of carbonyl (C=O) groups excluding carboxylic acids is 1. The molecule has 4 nitrogen and oxygen atoms in total. The number of rotatable bonds is 5. The van der Waals surface area contributed by atoms with Crippen LogP contribution in [0.3, 0.4) is 0 Å². The van der Waals surface area contributed by atoms with E-state index in [1.807, 2.05) is 61.5 Å². The molecule has 4 aromatic rings. The summed E-state index contributed by atoms with van der Waals surface area (Å²) >= 11 is 1.58. The van der Waals surface area contributed by atoms with E-state index in [1.54, 1.807) is 11.3 Å². The quantitative estimate of drug-likeness (QED) is 0.400. The first kappa shape index (κ1) is 22.2. The second kappa shape index (κ2) is 9.13. The van der Waals surface area contributed by atoms with Gasteiger partial charge in [-0.15, -0.1) is 12.4 Å². The number of aryl methyl sites for hydroxylation is 2. The highest BCUT2D eigenvalue weighted by atomic mass is 35.5. The summed E-state index contributed by atoms with van der Waals surface area (Å²) in [5.41, 5.74) is 4.10. The molecule has 0 aliphatic rings. The number of nitrogens with zero attached hydrogens (tertiary/aromatic N) is 3. The lowest BCUT2D eigenvalue weighted by Gasteiger charge is -2.22. The molecule has 1 amide bonds. The minimum atomic E-state index is -0.00270. The van der Waals surface area contributed by atoms with E-state index in [2.05, 4.69) is 30.9 Å². The van der Waals surface area contributed by atoms with Gasteiger partial charge in [-0.05, 0) is 62.0 Å². The van der Waals surface area contributed by atoms with Crippen LogP contribution in [0, 0.1) is 13.8 Å². The van der Waals surface area contributed by atoms with Crippen LogP contribution in [0.25, 0.3) is 21.0 Å². The standard InChI is InChI=1S/C24H25N3OS.ClH/c1-16-12-13-21-22(17(16)2)25-24(29-21)27(15-14-26(3)4)23(28)20-11-7-9-18-8-5-6-10-19(18)20;/h5-13H,14-15H2,1-4H3;1H. The Morgan fingerprint density at radius 3 is 2.47 bits per heavy atom. The predicted molar refractivity (Wildman–Crippen MR) is 131 cm³/mol. The molecule has 0 N–H and O–H groups in total. The Balaban J connectivity index is 0.00000256. The molecule has 1 heterocycles. The van der Waals surface area contributed by atoms with Crippen LogP contribution in [0.15, 0.2) is 54.6 Å². The largest absolute Gasteiger partial charge is 0.308 e. The molecule has 0 bridgehead atoms. The Labute approximate surface area is 187 Å². The molecule has 30 heavy (non-hydrogen) atoms. The third kappa shape index (κ3) is 4.19. The van der Waals surface area contributed by atoms with Crippen molar-refractivity contribution in [2.45, 2.75) is 13.8 Å². The molecule has 0 fully saturated rings. The summed E-state index contributed by atoms with van der Waals surface area (Å²) in [4.78, 5) is 22.5. The average Bonchev–Trinajstić information content (AvgIpc) is 3.15. The average molecular weight is 440 g/mol. The van der Waals surface area contributed by atoms with E-state index in [0.717, 1.165) is 32.7 Å². The summed E-state index contributed by atoms with van der Waals surface area (Å²) in [7, 11) is 4.04. The lowest BCUT2D eigenvalue weighted by Crippen LogP contribution is -2.36. The fourth-order valence-corrected chi connectivity index (χ4v) is 4.52. The van der Waals surface area contributed by atoms with E-state index in [-0.39, 0.29) is 18.3 Å². The zero-order valence-electron chi connectivity index (χ0n) is 17.7. The fraction of sp³-hybridized carbons (Fsp3) is 0.250. The van der Waals surface area contributed by atoms with Crippen LogP contribution in [0.2, 0.25) is 0 Å². The summed E-state index contributed by atoms with van der Waals surface area (Å²) < 4.78 is 1.11. The van der Waals surface area contributed by atoms with Crippen molar-refractivity contribution in [2.75, 3.05) is 32.1 Å². The number of halogens is 1. The molecule has 0 atom stereocenters. The van der Waals surface area contributed by atoms with Gasteiger partial charge in [0.25, 0.3) is 5.91 Å². The maximum Gasteiger partial charge on any atom is 0.260 e. The molecule has 1 aromatic heterocycles. The summed E-state index contributed by atoms with van der Waals surface area (Å²) in [6, 6.07) is 18.2. The van der Waals surface area contributed by atoms with Gasteiger partial charge < -0.3 is 4.90 Å². The van der Waals surface area contributed by atoms with Gasteiger partial charge in [0.1, 0.15) is 0 Å². The summed E-state index contributed by atoms with van der Waals surface area (Å²) in [6.45, 7) is 5.55.